The van der Waals surface area contributed by atoms with E-state index in [-0.39, 0.29) is 133 Å². The molecule has 4 rings (SSSR count). The van der Waals surface area contributed by atoms with Crippen LogP contribution in [0.4, 0.5) is 0 Å². The summed E-state index contributed by atoms with van der Waals surface area (Å²) in [5.74, 6) is -0.922. The van der Waals surface area contributed by atoms with E-state index in [1.807, 2.05) is 0 Å². The van der Waals surface area contributed by atoms with Crippen LogP contribution < -0.4 is 4.74 Å². The van der Waals surface area contributed by atoms with Crippen LogP contribution in [-0.2, 0) is 35.1 Å². The number of ether oxygens (including phenoxy) is 1. The van der Waals surface area contributed by atoms with Crippen molar-refractivity contribution in [2.24, 2.45) is 0 Å². The van der Waals surface area contributed by atoms with Gasteiger partial charge in [0.2, 0.25) is 0 Å². The van der Waals surface area contributed by atoms with Crippen molar-refractivity contribution in [1.82, 2.24) is 0 Å². The SMILES string of the molecule is CCCCCCCC/C=C\CCCCCCCC(=O)Oc1cc(S(=O)(=O)O)c2ccc3c(S(=O)(=O)O)cc(S(=O)(=O)O)c4ccc1c2c43.[NaH].[NaH].[NaH]. The molecular weight excluding hydrogens is 750 g/mol. The summed E-state index contributed by atoms with van der Waals surface area (Å²) in [7, 11) is -15.0. The van der Waals surface area contributed by atoms with E-state index in [0.717, 1.165) is 50.7 Å². The van der Waals surface area contributed by atoms with Crippen molar-refractivity contribution in [2.75, 3.05) is 0 Å². The van der Waals surface area contributed by atoms with Gasteiger partial charge in [-0.05, 0) is 44.2 Å². The molecule has 0 aliphatic heterocycles. The number of benzene rings is 4. The molecule has 0 saturated carbocycles. The van der Waals surface area contributed by atoms with Crippen molar-refractivity contribution in [3.05, 3.63) is 48.6 Å². The maximum absolute atomic E-state index is 12.9. The molecule has 0 spiro atoms. The van der Waals surface area contributed by atoms with E-state index in [0.29, 0.717) is 12.5 Å². The summed E-state index contributed by atoms with van der Waals surface area (Å²) in [5.41, 5.74) is 0. The van der Waals surface area contributed by atoms with Gasteiger partial charge in [-0.2, -0.15) is 25.3 Å². The third-order valence-electron chi connectivity index (χ3n) is 8.45. The fraction of sp³-hybridized carbons (Fsp3) is 0.441. The number of carbonyl (C=O) groups excluding carboxylic acids is 1. The summed E-state index contributed by atoms with van der Waals surface area (Å²) in [4.78, 5) is 10.5. The van der Waals surface area contributed by atoms with E-state index < -0.39 is 51.0 Å². The Morgan fingerprint density at radius 1 is 0.569 bits per heavy atom. The van der Waals surface area contributed by atoms with Crippen LogP contribution in [0.15, 0.2) is 63.2 Å². The molecule has 0 amide bonds. The first-order valence-electron chi connectivity index (χ1n) is 16.2. The average Bonchev–Trinajstić information content (AvgIpc) is 3.00. The summed E-state index contributed by atoms with van der Waals surface area (Å²) in [6.07, 6.45) is 18.6. The van der Waals surface area contributed by atoms with Crippen LogP contribution in [0.25, 0.3) is 32.3 Å². The van der Waals surface area contributed by atoms with Gasteiger partial charge in [-0.3, -0.25) is 18.5 Å². The van der Waals surface area contributed by atoms with Gasteiger partial charge in [0.15, 0.2) is 0 Å². The fourth-order valence-electron chi connectivity index (χ4n) is 6.10. The third kappa shape index (κ3) is 13.2. The average molecular weight is 795 g/mol. The second-order valence-electron chi connectivity index (χ2n) is 12.1. The first kappa shape index (κ1) is 48.9. The summed E-state index contributed by atoms with van der Waals surface area (Å²) < 4.78 is 109. The van der Waals surface area contributed by atoms with Crippen molar-refractivity contribution in [3.63, 3.8) is 0 Å². The molecule has 0 aromatic heterocycles. The number of hydrogen-bond donors (Lipinski definition) is 3. The van der Waals surface area contributed by atoms with Gasteiger partial charge in [-0.1, -0.05) is 88.6 Å². The van der Waals surface area contributed by atoms with Crippen LogP contribution in [0.5, 0.6) is 5.75 Å². The Labute approximate surface area is 367 Å². The quantitative estimate of drug-likeness (QED) is 0.0183. The zero-order valence-electron chi connectivity index (χ0n) is 26.9. The molecule has 0 atom stereocenters. The van der Waals surface area contributed by atoms with E-state index in [1.165, 1.54) is 56.7 Å². The van der Waals surface area contributed by atoms with Gasteiger partial charge < -0.3 is 4.74 Å². The minimum absolute atomic E-state index is 0. The predicted octanol–water partition coefficient (Wildman–Crippen LogP) is 6.32. The number of esters is 1. The standard InChI is InChI=1S/C34H42O11S3.3Na.3H/c1-2-3-4-5-6-7-8-9-10-11-12-13-14-15-16-17-32(35)45-28-22-29(46(36,37)38)25-20-21-27-31(48(42,43)44)23-30(47(39,40)41)26-19-18-24(28)33(25)34(26)27;;;;;;/h9-10,18-23H,2-8,11-17H2,1H3,(H,36,37,38)(H,39,40,41)(H,42,43,44);;;;;;/b10-9-;;;;;;. The summed E-state index contributed by atoms with van der Waals surface area (Å²) >= 11 is 0. The van der Waals surface area contributed by atoms with Crippen molar-refractivity contribution in [1.29, 1.82) is 0 Å². The van der Waals surface area contributed by atoms with Crippen molar-refractivity contribution in [3.8, 4) is 5.75 Å². The van der Waals surface area contributed by atoms with Crippen LogP contribution in [0.2, 0.25) is 0 Å². The first-order valence-corrected chi connectivity index (χ1v) is 20.5. The second kappa shape index (κ2) is 21.8. The van der Waals surface area contributed by atoms with Crippen LogP contribution in [-0.4, -0.2) is 134 Å². The Morgan fingerprint density at radius 3 is 1.39 bits per heavy atom. The number of carbonyl (C=O) groups is 1. The summed E-state index contributed by atoms with van der Waals surface area (Å²) in [5, 5.41) is -0.585. The van der Waals surface area contributed by atoms with Crippen LogP contribution in [0, 0.1) is 0 Å². The third-order valence-corrected chi connectivity index (χ3v) is 11.1. The van der Waals surface area contributed by atoms with Crippen molar-refractivity contribution >= 4 is 157 Å². The molecule has 11 nitrogen and oxygen atoms in total. The molecule has 51 heavy (non-hydrogen) atoms. The molecule has 0 fully saturated rings. The summed E-state index contributed by atoms with van der Waals surface area (Å²) in [6.45, 7) is 2.21. The Morgan fingerprint density at radius 2 is 0.941 bits per heavy atom. The monoisotopic (exact) mass is 794 g/mol. The van der Waals surface area contributed by atoms with E-state index in [1.54, 1.807) is 0 Å². The van der Waals surface area contributed by atoms with Gasteiger partial charge in [-0.15, -0.1) is 0 Å². The molecule has 3 N–H and O–H groups in total. The van der Waals surface area contributed by atoms with Crippen LogP contribution in [0.3, 0.4) is 0 Å². The fourth-order valence-corrected chi connectivity index (χ4v) is 8.31. The first-order chi connectivity index (χ1) is 22.6. The molecule has 0 heterocycles. The second-order valence-corrected chi connectivity index (χ2v) is 16.2. The van der Waals surface area contributed by atoms with E-state index in [4.69, 9.17) is 4.74 Å². The molecule has 0 radical (unpaired) electrons. The number of allylic oxidation sites excluding steroid dienone is 2. The zero-order valence-corrected chi connectivity index (χ0v) is 29.3. The minimum atomic E-state index is -5.04. The van der Waals surface area contributed by atoms with E-state index in [2.05, 4.69) is 19.1 Å². The molecule has 17 heteroatoms. The van der Waals surface area contributed by atoms with Gasteiger partial charge in [0.1, 0.15) is 20.4 Å². The normalized spacial score (nSPS) is 12.2. The van der Waals surface area contributed by atoms with E-state index in [9.17, 15) is 43.7 Å². The zero-order chi connectivity index (χ0) is 35.1. The Bertz CT molecular complexity index is 2080. The topological polar surface area (TPSA) is 189 Å². The Balaban J connectivity index is 0.00000433. The molecule has 0 saturated heterocycles. The molecular formula is C34H45Na3O11S3. The van der Waals surface area contributed by atoms with Crippen LogP contribution >= 0.6 is 0 Å². The number of rotatable bonds is 19. The molecule has 0 aliphatic rings. The molecule has 4 aromatic carbocycles. The predicted molar refractivity (Wildman–Crippen MR) is 206 cm³/mol. The number of hydrogen-bond acceptors (Lipinski definition) is 8. The molecule has 0 unspecified atom stereocenters. The molecule has 268 valence electrons. The van der Waals surface area contributed by atoms with Gasteiger partial charge in [0.05, 0.1) is 0 Å². The Kier molecular flexibility index (Phi) is 20.9. The number of unbranched alkanes of at least 4 members (excludes halogenated alkanes) is 11. The Hall–Kier alpha value is -0.140. The molecule has 0 bridgehead atoms. The van der Waals surface area contributed by atoms with Crippen LogP contribution in [0.1, 0.15) is 96.8 Å². The van der Waals surface area contributed by atoms with Gasteiger partial charge in [0.25, 0.3) is 30.4 Å². The summed E-state index contributed by atoms with van der Waals surface area (Å²) in [6, 6.07) is 6.49. The van der Waals surface area contributed by atoms with Gasteiger partial charge in [-0.25, -0.2) is 0 Å². The maximum atomic E-state index is 12.9. The van der Waals surface area contributed by atoms with Crippen molar-refractivity contribution < 1.29 is 48.4 Å². The van der Waals surface area contributed by atoms with Gasteiger partial charge in [0, 0.05) is 44.8 Å². The van der Waals surface area contributed by atoms with Crippen molar-refractivity contribution in [2.45, 2.75) is 112 Å². The van der Waals surface area contributed by atoms with Gasteiger partial charge >= 0.3 is 94.6 Å². The van der Waals surface area contributed by atoms with E-state index >= 15 is 0 Å². The molecule has 0 aliphatic carbocycles. The molecule has 4 aromatic rings.